The van der Waals surface area contributed by atoms with E-state index in [9.17, 15) is 0 Å². The summed E-state index contributed by atoms with van der Waals surface area (Å²) in [5.41, 5.74) is 6.13. The van der Waals surface area contributed by atoms with Crippen LogP contribution in [0.5, 0.6) is 5.75 Å². The van der Waals surface area contributed by atoms with Crippen LogP contribution in [-0.4, -0.2) is 37.0 Å². The molecule has 0 amide bonds. The quantitative estimate of drug-likeness (QED) is 0.629. The van der Waals surface area contributed by atoms with E-state index in [1.165, 1.54) is 32.4 Å². The van der Waals surface area contributed by atoms with Gasteiger partial charge in [0, 0.05) is 12.1 Å². The summed E-state index contributed by atoms with van der Waals surface area (Å²) in [7, 11) is 0. The summed E-state index contributed by atoms with van der Waals surface area (Å²) in [5.74, 6) is 0.937. The highest BCUT2D eigenvalue weighted by Crippen LogP contribution is 2.12. The fraction of sp³-hybridized carbons (Fsp3) is 0.500. The number of amidine groups is 1. The Morgan fingerprint density at radius 1 is 1.05 bits per heavy atom. The molecule has 1 aromatic carbocycles. The molecule has 0 aliphatic carbocycles. The van der Waals surface area contributed by atoms with Crippen molar-refractivity contribution in [1.82, 2.24) is 4.90 Å². The molecule has 0 atom stereocenters. The zero-order valence-corrected chi connectivity index (χ0v) is 14.4. The molecule has 0 bridgehead atoms. The summed E-state index contributed by atoms with van der Waals surface area (Å²) in [6.07, 6.45) is 3.99. The number of likely N-dealkylation sites (tertiary alicyclic amines) is 1. The number of nitrogens with zero attached hydrogens (tertiary/aromatic N) is 1. The molecule has 0 aromatic heterocycles. The molecule has 7 heteroatoms. The Kier molecular flexibility index (Phi) is 12.8. The van der Waals surface area contributed by atoms with Crippen molar-refractivity contribution in [2.45, 2.75) is 19.3 Å². The van der Waals surface area contributed by atoms with Crippen LogP contribution in [0.4, 0.5) is 0 Å². The van der Waals surface area contributed by atoms with Gasteiger partial charge in [-0.2, -0.15) is 0 Å². The number of nitrogen functional groups attached to an aromatic ring is 1. The lowest BCUT2D eigenvalue weighted by Crippen LogP contribution is -2.33. The van der Waals surface area contributed by atoms with E-state index in [1.807, 2.05) is 24.3 Å². The van der Waals surface area contributed by atoms with Gasteiger partial charge in [-0.05, 0) is 50.2 Å². The predicted molar refractivity (Wildman–Crippen MR) is 95.0 cm³/mol. The summed E-state index contributed by atoms with van der Waals surface area (Å²) >= 11 is 0. The van der Waals surface area contributed by atoms with Gasteiger partial charge in [-0.15, -0.1) is 37.2 Å². The lowest BCUT2D eigenvalue weighted by atomic mass is 10.1. The number of piperidine rings is 1. The van der Waals surface area contributed by atoms with Crippen molar-refractivity contribution < 1.29 is 4.74 Å². The minimum absolute atomic E-state index is 0. The van der Waals surface area contributed by atoms with Crippen molar-refractivity contribution >= 4 is 43.1 Å². The normalized spacial score (nSPS) is 14.1. The second-order valence-corrected chi connectivity index (χ2v) is 4.69. The largest absolute Gasteiger partial charge is 0.492 e. The van der Waals surface area contributed by atoms with Crippen LogP contribution in [0.2, 0.25) is 0 Å². The van der Waals surface area contributed by atoms with Crippen LogP contribution in [0, 0.1) is 5.41 Å². The minimum Gasteiger partial charge on any atom is -0.492 e. The van der Waals surface area contributed by atoms with Crippen molar-refractivity contribution in [3.05, 3.63) is 29.8 Å². The molecule has 0 radical (unpaired) electrons. The number of nitrogens with two attached hydrogens (primary N) is 1. The average molecular weight is 357 g/mol. The maximum absolute atomic E-state index is 7.31. The summed E-state index contributed by atoms with van der Waals surface area (Å²) in [5, 5.41) is 7.31. The molecule has 0 unspecified atom stereocenters. The van der Waals surface area contributed by atoms with E-state index in [1.54, 1.807) is 0 Å². The summed E-state index contributed by atoms with van der Waals surface area (Å²) < 4.78 is 5.69. The van der Waals surface area contributed by atoms with Gasteiger partial charge < -0.3 is 10.5 Å². The smallest absolute Gasteiger partial charge is 0.122 e. The first-order valence-electron chi connectivity index (χ1n) is 6.55. The van der Waals surface area contributed by atoms with Gasteiger partial charge in [0.25, 0.3) is 0 Å². The van der Waals surface area contributed by atoms with E-state index in [0.717, 1.165) is 24.5 Å². The number of hydrogen-bond donors (Lipinski definition) is 2. The highest BCUT2D eigenvalue weighted by atomic mass is 35.5. The van der Waals surface area contributed by atoms with Gasteiger partial charge in [0.2, 0.25) is 0 Å². The zero-order valence-electron chi connectivity index (χ0n) is 11.9. The predicted octanol–water partition coefficient (Wildman–Crippen LogP) is 3.10. The van der Waals surface area contributed by atoms with Crippen molar-refractivity contribution in [3.8, 4) is 5.75 Å². The van der Waals surface area contributed by atoms with Crippen LogP contribution in [0.25, 0.3) is 0 Å². The Morgan fingerprint density at radius 2 is 1.62 bits per heavy atom. The monoisotopic (exact) mass is 355 g/mol. The van der Waals surface area contributed by atoms with Crippen LogP contribution in [0.1, 0.15) is 24.8 Å². The molecule has 1 aliphatic heterocycles. The number of ether oxygens (including phenoxy) is 1. The van der Waals surface area contributed by atoms with Crippen LogP contribution in [0.15, 0.2) is 24.3 Å². The third-order valence-electron chi connectivity index (χ3n) is 3.29. The summed E-state index contributed by atoms with van der Waals surface area (Å²) in [6, 6.07) is 7.37. The number of nitrogens with one attached hydrogen (secondary N) is 1. The maximum Gasteiger partial charge on any atom is 0.122 e. The summed E-state index contributed by atoms with van der Waals surface area (Å²) in [4.78, 5) is 2.45. The molecule has 1 saturated heterocycles. The van der Waals surface area contributed by atoms with Crippen molar-refractivity contribution in [1.29, 1.82) is 5.41 Å². The summed E-state index contributed by atoms with van der Waals surface area (Å²) in [6.45, 7) is 4.12. The molecule has 122 valence electrons. The molecule has 21 heavy (non-hydrogen) atoms. The first-order valence-corrected chi connectivity index (χ1v) is 6.55. The zero-order chi connectivity index (χ0) is 12.8. The Labute approximate surface area is 145 Å². The second-order valence-electron chi connectivity index (χ2n) is 4.69. The average Bonchev–Trinajstić information content (AvgIpc) is 2.40. The van der Waals surface area contributed by atoms with Crippen LogP contribution in [0.3, 0.4) is 0 Å². The lowest BCUT2D eigenvalue weighted by molar-refractivity contribution is 0.183. The van der Waals surface area contributed by atoms with Gasteiger partial charge >= 0.3 is 0 Å². The topological polar surface area (TPSA) is 62.3 Å². The van der Waals surface area contributed by atoms with Crippen LogP contribution < -0.4 is 10.5 Å². The van der Waals surface area contributed by atoms with Gasteiger partial charge in [-0.1, -0.05) is 6.42 Å². The molecule has 3 N–H and O–H groups in total. The second kappa shape index (κ2) is 11.9. The highest BCUT2D eigenvalue weighted by molar-refractivity contribution is 5.94. The van der Waals surface area contributed by atoms with Crippen LogP contribution >= 0.6 is 37.2 Å². The molecule has 1 fully saturated rings. The fourth-order valence-electron chi connectivity index (χ4n) is 2.21. The standard InChI is InChI=1S/C14H21N3O.3ClH/c15-14(16)12-4-6-13(7-5-12)18-11-10-17-8-2-1-3-9-17;;;/h4-7H,1-3,8-11H2,(H3,15,16);3*1H. The highest BCUT2D eigenvalue weighted by Gasteiger charge is 2.09. The minimum atomic E-state index is 0. The van der Waals surface area contributed by atoms with Crippen molar-refractivity contribution in [3.63, 3.8) is 0 Å². The van der Waals surface area contributed by atoms with E-state index >= 15 is 0 Å². The molecule has 1 aromatic rings. The fourth-order valence-corrected chi connectivity index (χ4v) is 2.21. The van der Waals surface area contributed by atoms with Gasteiger partial charge in [-0.3, -0.25) is 10.3 Å². The third kappa shape index (κ3) is 7.77. The SMILES string of the molecule is Cl.Cl.Cl.N=C(N)c1ccc(OCCN2CCCCC2)cc1. The van der Waals surface area contributed by atoms with Gasteiger partial charge in [0.1, 0.15) is 18.2 Å². The molecular weight excluding hydrogens is 333 g/mol. The first kappa shape index (κ1) is 22.6. The number of rotatable bonds is 5. The van der Waals surface area contributed by atoms with Gasteiger partial charge in [0.15, 0.2) is 0 Å². The van der Waals surface area contributed by atoms with Crippen molar-refractivity contribution in [2.75, 3.05) is 26.2 Å². The van der Waals surface area contributed by atoms with Crippen molar-refractivity contribution in [2.24, 2.45) is 5.73 Å². The number of hydrogen-bond acceptors (Lipinski definition) is 3. The molecule has 1 aliphatic rings. The number of halogens is 3. The Morgan fingerprint density at radius 3 is 2.14 bits per heavy atom. The molecule has 4 nitrogen and oxygen atoms in total. The first-order chi connectivity index (χ1) is 8.75. The van der Waals surface area contributed by atoms with Crippen LogP contribution in [-0.2, 0) is 0 Å². The Hall–Kier alpha value is -0.680. The Balaban J connectivity index is 0. The molecule has 2 rings (SSSR count). The Bertz CT molecular complexity index is 395. The van der Waals surface area contributed by atoms with E-state index in [2.05, 4.69) is 4.90 Å². The maximum atomic E-state index is 7.31. The van der Waals surface area contributed by atoms with Gasteiger partial charge in [0.05, 0.1) is 0 Å². The lowest BCUT2D eigenvalue weighted by Gasteiger charge is -2.26. The number of benzene rings is 1. The molecular formula is C14H24Cl3N3O. The molecule has 1 heterocycles. The molecule has 0 spiro atoms. The van der Waals surface area contributed by atoms with E-state index in [4.69, 9.17) is 15.9 Å². The van der Waals surface area contributed by atoms with E-state index in [-0.39, 0.29) is 43.1 Å². The third-order valence-corrected chi connectivity index (χ3v) is 3.29. The van der Waals surface area contributed by atoms with Gasteiger partial charge in [-0.25, -0.2) is 0 Å². The van der Waals surface area contributed by atoms with E-state index in [0.29, 0.717) is 0 Å². The molecule has 0 saturated carbocycles. The van der Waals surface area contributed by atoms with E-state index < -0.39 is 0 Å².